The molecule has 1 aliphatic heterocycles. The average molecular weight is 231 g/mol. The Hall–Kier alpha value is -1.62. The van der Waals surface area contributed by atoms with E-state index in [0.29, 0.717) is 6.04 Å². The molecule has 1 aliphatic rings. The minimum absolute atomic E-state index is 0.348. The minimum Gasteiger partial charge on any atom is -0.332 e. The third-order valence-electron chi connectivity index (χ3n) is 3.53. The number of aryl methyl sites for hydroxylation is 2. The fourth-order valence-electron chi connectivity index (χ4n) is 2.53. The van der Waals surface area contributed by atoms with Gasteiger partial charge >= 0.3 is 0 Å². The summed E-state index contributed by atoms with van der Waals surface area (Å²) in [5, 5.41) is 10.8. The molecule has 1 unspecified atom stereocenters. The van der Waals surface area contributed by atoms with Gasteiger partial charge in [-0.05, 0) is 25.8 Å². The lowest BCUT2D eigenvalue weighted by atomic mass is 10.0. The Morgan fingerprint density at radius 1 is 1.47 bits per heavy atom. The third kappa shape index (κ3) is 1.76. The van der Waals surface area contributed by atoms with Crippen molar-refractivity contribution in [2.75, 3.05) is 6.54 Å². The Morgan fingerprint density at radius 2 is 2.35 bits per heavy atom. The molecule has 90 valence electrons. The molecule has 0 bridgehead atoms. The molecule has 0 radical (unpaired) electrons. The number of nitrogens with zero attached hydrogens (tertiary/aromatic N) is 3. The van der Waals surface area contributed by atoms with Crippen LogP contribution in [0.1, 0.15) is 28.7 Å². The lowest BCUT2D eigenvalue weighted by Crippen LogP contribution is -2.34. The van der Waals surface area contributed by atoms with E-state index in [2.05, 4.69) is 38.9 Å². The molecule has 0 aliphatic carbocycles. The van der Waals surface area contributed by atoms with Gasteiger partial charge < -0.3 is 9.88 Å². The average Bonchev–Trinajstić information content (AvgIpc) is 2.91. The van der Waals surface area contributed by atoms with E-state index in [0.717, 1.165) is 25.2 Å². The lowest BCUT2D eigenvalue weighted by Gasteiger charge is -2.25. The highest BCUT2D eigenvalue weighted by Gasteiger charge is 2.22. The number of hydrogen-bond acceptors (Lipinski definition) is 3. The Bertz CT molecular complexity index is 505. The maximum absolute atomic E-state index is 4.25. The van der Waals surface area contributed by atoms with Gasteiger partial charge in [0, 0.05) is 25.0 Å². The fourth-order valence-corrected chi connectivity index (χ4v) is 2.53. The first-order valence-electron chi connectivity index (χ1n) is 5.99. The van der Waals surface area contributed by atoms with Gasteiger partial charge in [0.2, 0.25) is 0 Å². The van der Waals surface area contributed by atoms with Gasteiger partial charge in [-0.2, -0.15) is 5.10 Å². The van der Waals surface area contributed by atoms with E-state index < -0.39 is 0 Å². The molecule has 2 aromatic heterocycles. The molecule has 2 N–H and O–H groups in total. The molecular weight excluding hydrogens is 214 g/mol. The second kappa shape index (κ2) is 4.00. The summed E-state index contributed by atoms with van der Waals surface area (Å²) in [6.45, 7) is 6.15. The second-order valence-corrected chi connectivity index (χ2v) is 4.64. The zero-order valence-corrected chi connectivity index (χ0v) is 10.2. The van der Waals surface area contributed by atoms with Crippen molar-refractivity contribution in [1.29, 1.82) is 0 Å². The molecule has 0 fully saturated rings. The standard InChI is InChI=1S/C12H17N5/c1-8-10(9(2)16-15-8)5-11-12-6-13-7-17(12)4-3-14-11/h6-7,11,14H,3-5H2,1-2H3,(H,15,16). The summed E-state index contributed by atoms with van der Waals surface area (Å²) in [7, 11) is 0. The van der Waals surface area contributed by atoms with Gasteiger partial charge in [-0.25, -0.2) is 4.98 Å². The number of nitrogens with one attached hydrogen (secondary N) is 2. The first-order valence-corrected chi connectivity index (χ1v) is 5.99. The molecule has 0 saturated heterocycles. The van der Waals surface area contributed by atoms with Crippen LogP contribution in [0.5, 0.6) is 0 Å². The predicted molar refractivity (Wildman–Crippen MR) is 64.7 cm³/mol. The van der Waals surface area contributed by atoms with Crippen LogP contribution in [0.3, 0.4) is 0 Å². The fraction of sp³-hybridized carbons (Fsp3) is 0.500. The number of rotatable bonds is 2. The van der Waals surface area contributed by atoms with Crippen molar-refractivity contribution in [3.05, 3.63) is 35.2 Å². The second-order valence-electron chi connectivity index (χ2n) is 4.64. The molecule has 17 heavy (non-hydrogen) atoms. The number of hydrogen-bond donors (Lipinski definition) is 2. The molecule has 0 amide bonds. The Balaban J connectivity index is 1.89. The van der Waals surface area contributed by atoms with Crippen LogP contribution in [0.25, 0.3) is 0 Å². The number of aromatic amines is 1. The number of imidazole rings is 1. The molecule has 0 saturated carbocycles. The van der Waals surface area contributed by atoms with Crippen LogP contribution >= 0.6 is 0 Å². The van der Waals surface area contributed by atoms with E-state index in [1.54, 1.807) is 0 Å². The van der Waals surface area contributed by atoms with Crippen molar-refractivity contribution < 1.29 is 0 Å². The van der Waals surface area contributed by atoms with Crippen LogP contribution < -0.4 is 5.32 Å². The maximum Gasteiger partial charge on any atom is 0.0949 e. The normalized spacial score (nSPS) is 19.3. The molecule has 0 spiro atoms. The molecule has 2 aromatic rings. The number of fused-ring (bicyclic) bond motifs is 1. The van der Waals surface area contributed by atoms with Gasteiger partial charge in [0.05, 0.1) is 23.8 Å². The molecule has 5 nitrogen and oxygen atoms in total. The molecule has 1 atom stereocenters. The lowest BCUT2D eigenvalue weighted by molar-refractivity contribution is 0.422. The first-order chi connectivity index (χ1) is 8.25. The molecule has 3 rings (SSSR count). The summed E-state index contributed by atoms with van der Waals surface area (Å²) >= 11 is 0. The van der Waals surface area contributed by atoms with E-state index in [1.165, 1.54) is 17.0 Å². The summed E-state index contributed by atoms with van der Waals surface area (Å²) in [4.78, 5) is 4.23. The van der Waals surface area contributed by atoms with Gasteiger partial charge in [0.15, 0.2) is 0 Å². The van der Waals surface area contributed by atoms with Crippen LogP contribution in [-0.2, 0) is 13.0 Å². The van der Waals surface area contributed by atoms with Crippen LogP contribution in [0.15, 0.2) is 12.5 Å². The minimum atomic E-state index is 0.348. The number of aromatic nitrogens is 4. The molecular formula is C12H17N5. The van der Waals surface area contributed by atoms with Crippen molar-refractivity contribution >= 4 is 0 Å². The summed E-state index contributed by atoms with van der Waals surface area (Å²) in [5.41, 5.74) is 4.86. The van der Waals surface area contributed by atoms with E-state index in [4.69, 9.17) is 0 Å². The van der Waals surface area contributed by atoms with Crippen LogP contribution in [0, 0.1) is 13.8 Å². The zero-order chi connectivity index (χ0) is 11.8. The monoisotopic (exact) mass is 231 g/mol. The quantitative estimate of drug-likeness (QED) is 0.814. The van der Waals surface area contributed by atoms with Crippen molar-refractivity contribution in [2.45, 2.75) is 32.9 Å². The van der Waals surface area contributed by atoms with Crippen LogP contribution in [0.4, 0.5) is 0 Å². The molecule has 3 heterocycles. The zero-order valence-electron chi connectivity index (χ0n) is 10.2. The Kier molecular flexibility index (Phi) is 2.48. The van der Waals surface area contributed by atoms with Crippen molar-refractivity contribution in [2.24, 2.45) is 0 Å². The van der Waals surface area contributed by atoms with Gasteiger partial charge in [-0.15, -0.1) is 0 Å². The van der Waals surface area contributed by atoms with Gasteiger partial charge in [-0.1, -0.05) is 0 Å². The van der Waals surface area contributed by atoms with Crippen molar-refractivity contribution in [3.8, 4) is 0 Å². The summed E-state index contributed by atoms with van der Waals surface area (Å²) in [5.74, 6) is 0. The van der Waals surface area contributed by atoms with E-state index in [9.17, 15) is 0 Å². The Labute approximate surface area is 100 Å². The number of H-pyrrole nitrogens is 1. The van der Waals surface area contributed by atoms with Crippen molar-refractivity contribution in [1.82, 2.24) is 25.1 Å². The Morgan fingerprint density at radius 3 is 3.12 bits per heavy atom. The van der Waals surface area contributed by atoms with Gasteiger partial charge in [0.1, 0.15) is 0 Å². The largest absolute Gasteiger partial charge is 0.332 e. The van der Waals surface area contributed by atoms with E-state index in [-0.39, 0.29) is 0 Å². The van der Waals surface area contributed by atoms with Crippen LogP contribution in [-0.4, -0.2) is 26.3 Å². The molecule has 5 heteroatoms. The summed E-state index contributed by atoms with van der Waals surface area (Å²) in [6, 6.07) is 0.348. The topological polar surface area (TPSA) is 58.5 Å². The van der Waals surface area contributed by atoms with E-state index >= 15 is 0 Å². The highest BCUT2D eigenvalue weighted by molar-refractivity contribution is 5.26. The first kappa shape index (κ1) is 10.5. The van der Waals surface area contributed by atoms with Crippen molar-refractivity contribution in [3.63, 3.8) is 0 Å². The van der Waals surface area contributed by atoms with Gasteiger partial charge in [-0.3, -0.25) is 5.10 Å². The smallest absolute Gasteiger partial charge is 0.0949 e. The summed E-state index contributed by atoms with van der Waals surface area (Å²) < 4.78 is 2.23. The maximum atomic E-state index is 4.25. The SMILES string of the molecule is Cc1n[nH]c(C)c1CC1NCCn2cncc21. The highest BCUT2D eigenvalue weighted by atomic mass is 15.1. The van der Waals surface area contributed by atoms with Crippen LogP contribution in [0.2, 0.25) is 0 Å². The molecule has 0 aromatic carbocycles. The third-order valence-corrected chi connectivity index (χ3v) is 3.53. The summed E-state index contributed by atoms with van der Waals surface area (Å²) in [6.07, 6.45) is 4.85. The van der Waals surface area contributed by atoms with E-state index in [1.807, 2.05) is 12.5 Å². The highest BCUT2D eigenvalue weighted by Crippen LogP contribution is 2.23. The van der Waals surface area contributed by atoms with Gasteiger partial charge in [0.25, 0.3) is 0 Å². The predicted octanol–water partition coefficient (Wildman–Crippen LogP) is 1.11.